The SMILES string of the molecule is O=C1N=CC=CC1c1noc(-c2cc(C3CCOCC3)[nH]n2)n1. The monoisotopic (exact) mass is 313 g/mol. The van der Waals surface area contributed by atoms with E-state index >= 15 is 0 Å². The van der Waals surface area contributed by atoms with Gasteiger partial charge in [0.1, 0.15) is 5.92 Å². The molecular formula is C15H15N5O3. The van der Waals surface area contributed by atoms with Gasteiger partial charge in [-0.2, -0.15) is 10.1 Å². The van der Waals surface area contributed by atoms with Crippen molar-refractivity contribution in [1.82, 2.24) is 20.3 Å². The van der Waals surface area contributed by atoms with Crippen LogP contribution in [0, 0.1) is 0 Å². The Bertz CT molecular complexity index is 770. The maximum Gasteiger partial charge on any atom is 0.278 e. The molecule has 2 aliphatic heterocycles. The first-order chi connectivity index (χ1) is 11.3. The van der Waals surface area contributed by atoms with Crippen LogP contribution in [0.15, 0.2) is 27.7 Å². The van der Waals surface area contributed by atoms with Crippen molar-refractivity contribution in [2.24, 2.45) is 4.99 Å². The van der Waals surface area contributed by atoms with E-state index in [1.54, 1.807) is 12.2 Å². The second-order valence-electron chi connectivity index (χ2n) is 5.53. The van der Waals surface area contributed by atoms with Gasteiger partial charge in [0, 0.05) is 31.0 Å². The average Bonchev–Trinajstić information content (AvgIpc) is 3.25. The third kappa shape index (κ3) is 2.72. The number of carbonyl (C=O) groups excluding carboxylic acids is 1. The molecule has 2 aromatic heterocycles. The number of rotatable bonds is 3. The molecule has 0 radical (unpaired) electrons. The summed E-state index contributed by atoms with van der Waals surface area (Å²) in [6.07, 6.45) is 6.78. The Morgan fingerprint density at radius 3 is 2.96 bits per heavy atom. The molecule has 8 heteroatoms. The molecule has 1 unspecified atom stereocenters. The molecule has 1 fully saturated rings. The lowest BCUT2D eigenvalue weighted by Crippen LogP contribution is -2.14. The van der Waals surface area contributed by atoms with E-state index in [2.05, 4.69) is 25.3 Å². The van der Waals surface area contributed by atoms with E-state index < -0.39 is 5.92 Å². The van der Waals surface area contributed by atoms with Crippen molar-refractivity contribution in [3.63, 3.8) is 0 Å². The molecule has 0 bridgehead atoms. The highest BCUT2D eigenvalue weighted by atomic mass is 16.5. The van der Waals surface area contributed by atoms with E-state index in [0.717, 1.165) is 31.7 Å². The van der Waals surface area contributed by atoms with Crippen LogP contribution >= 0.6 is 0 Å². The Balaban J connectivity index is 1.55. The number of nitrogens with zero attached hydrogens (tertiary/aromatic N) is 4. The molecule has 0 spiro atoms. The van der Waals surface area contributed by atoms with Gasteiger partial charge in [0.2, 0.25) is 0 Å². The molecule has 1 amide bonds. The third-order valence-electron chi connectivity index (χ3n) is 4.06. The van der Waals surface area contributed by atoms with E-state index in [9.17, 15) is 4.79 Å². The fourth-order valence-electron chi connectivity index (χ4n) is 2.77. The Morgan fingerprint density at radius 1 is 1.26 bits per heavy atom. The molecule has 8 nitrogen and oxygen atoms in total. The van der Waals surface area contributed by atoms with E-state index in [4.69, 9.17) is 9.26 Å². The van der Waals surface area contributed by atoms with Crippen LogP contribution in [-0.2, 0) is 9.53 Å². The van der Waals surface area contributed by atoms with Crippen LogP contribution in [0.4, 0.5) is 0 Å². The van der Waals surface area contributed by atoms with Gasteiger partial charge >= 0.3 is 0 Å². The zero-order valence-electron chi connectivity index (χ0n) is 12.3. The topological polar surface area (TPSA) is 106 Å². The molecule has 4 rings (SSSR count). The summed E-state index contributed by atoms with van der Waals surface area (Å²) in [6, 6.07) is 1.92. The summed E-state index contributed by atoms with van der Waals surface area (Å²) >= 11 is 0. The fraction of sp³-hybridized carbons (Fsp3) is 0.400. The lowest BCUT2D eigenvalue weighted by atomic mass is 9.96. The average molecular weight is 313 g/mol. The number of allylic oxidation sites excluding steroid dienone is 1. The van der Waals surface area contributed by atoms with Gasteiger partial charge in [-0.1, -0.05) is 11.2 Å². The lowest BCUT2D eigenvalue weighted by molar-refractivity contribution is -0.118. The Hall–Kier alpha value is -2.61. The molecule has 1 atom stereocenters. The second kappa shape index (κ2) is 5.88. The highest BCUT2D eigenvalue weighted by Gasteiger charge is 2.26. The van der Waals surface area contributed by atoms with Gasteiger partial charge < -0.3 is 9.26 Å². The predicted octanol–water partition coefficient (Wildman–Crippen LogP) is 1.60. The Morgan fingerprint density at radius 2 is 2.13 bits per heavy atom. The summed E-state index contributed by atoms with van der Waals surface area (Å²) in [7, 11) is 0. The Labute approximate surface area is 131 Å². The van der Waals surface area contributed by atoms with Gasteiger partial charge in [0.15, 0.2) is 11.5 Å². The molecule has 4 heterocycles. The highest BCUT2D eigenvalue weighted by Crippen LogP contribution is 2.28. The summed E-state index contributed by atoms with van der Waals surface area (Å²) < 4.78 is 10.6. The van der Waals surface area contributed by atoms with Gasteiger partial charge in [0.05, 0.1) is 0 Å². The van der Waals surface area contributed by atoms with Crippen molar-refractivity contribution in [1.29, 1.82) is 0 Å². The molecule has 23 heavy (non-hydrogen) atoms. The number of aromatic amines is 1. The van der Waals surface area contributed by atoms with E-state index in [1.165, 1.54) is 6.21 Å². The van der Waals surface area contributed by atoms with Gasteiger partial charge in [-0.05, 0) is 25.0 Å². The van der Waals surface area contributed by atoms with Gasteiger partial charge in [-0.15, -0.1) is 0 Å². The number of carbonyl (C=O) groups is 1. The molecule has 0 aliphatic carbocycles. The largest absolute Gasteiger partial charge is 0.381 e. The molecule has 2 aliphatic rings. The molecule has 1 saturated heterocycles. The number of dihydropyridines is 1. The minimum atomic E-state index is -0.591. The van der Waals surface area contributed by atoms with Crippen molar-refractivity contribution >= 4 is 12.1 Å². The molecule has 2 aromatic rings. The number of amides is 1. The number of hydrogen-bond acceptors (Lipinski definition) is 6. The zero-order valence-corrected chi connectivity index (χ0v) is 12.3. The van der Waals surface area contributed by atoms with Crippen LogP contribution in [0.25, 0.3) is 11.6 Å². The number of nitrogens with one attached hydrogen (secondary N) is 1. The minimum Gasteiger partial charge on any atom is -0.381 e. The number of ether oxygens (including phenoxy) is 1. The lowest BCUT2D eigenvalue weighted by Gasteiger charge is -2.20. The first-order valence-corrected chi connectivity index (χ1v) is 7.53. The van der Waals surface area contributed by atoms with Crippen molar-refractivity contribution in [2.75, 3.05) is 13.2 Å². The van der Waals surface area contributed by atoms with Crippen LogP contribution in [0.3, 0.4) is 0 Å². The Kier molecular flexibility index (Phi) is 3.58. The van der Waals surface area contributed by atoms with E-state index in [-0.39, 0.29) is 5.91 Å². The van der Waals surface area contributed by atoms with Crippen molar-refractivity contribution in [3.8, 4) is 11.6 Å². The summed E-state index contributed by atoms with van der Waals surface area (Å²) in [6.45, 7) is 1.53. The van der Waals surface area contributed by atoms with E-state index in [1.807, 2.05) is 6.07 Å². The zero-order chi connectivity index (χ0) is 15.6. The first-order valence-electron chi connectivity index (χ1n) is 7.53. The summed E-state index contributed by atoms with van der Waals surface area (Å²) in [5.74, 6) is 0.111. The molecule has 0 saturated carbocycles. The second-order valence-corrected chi connectivity index (χ2v) is 5.53. The number of hydrogen-bond donors (Lipinski definition) is 1. The molecular weight excluding hydrogens is 298 g/mol. The number of aromatic nitrogens is 4. The minimum absolute atomic E-state index is 0.297. The van der Waals surface area contributed by atoms with Crippen molar-refractivity contribution in [2.45, 2.75) is 24.7 Å². The standard InChI is InChI=1S/C15H15N5O3/c21-14-10(2-1-5-16-14)13-17-15(23-20-13)12-8-11(18-19-12)9-3-6-22-7-4-9/h1-2,5,8-10H,3-4,6-7H2,(H,18,19). The van der Waals surface area contributed by atoms with Crippen LogP contribution in [0.2, 0.25) is 0 Å². The molecule has 0 aromatic carbocycles. The quantitative estimate of drug-likeness (QED) is 0.922. The summed E-state index contributed by atoms with van der Waals surface area (Å²) in [5, 5.41) is 11.2. The molecule has 118 valence electrons. The van der Waals surface area contributed by atoms with Crippen LogP contribution < -0.4 is 0 Å². The summed E-state index contributed by atoms with van der Waals surface area (Å²) in [5.41, 5.74) is 1.63. The first kappa shape index (κ1) is 14.0. The fourth-order valence-corrected chi connectivity index (χ4v) is 2.77. The maximum absolute atomic E-state index is 11.7. The van der Waals surface area contributed by atoms with Gasteiger partial charge in [-0.25, -0.2) is 4.99 Å². The summed E-state index contributed by atoms with van der Waals surface area (Å²) in [4.78, 5) is 19.8. The smallest absolute Gasteiger partial charge is 0.278 e. The van der Waals surface area contributed by atoms with Gasteiger partial charge in [0.25, 0.3) is 11.8 Å². The third-order valence-corrected chi connectivity index (χ3v) is 4.06. The number of aliphatic imine (C=N–C) groups is 1. The van der Waals surface area contributed by atoms with Crippen molar-refractivity contribution in [3.05, 3.63) is 29.7 Å². The highest BCUT2D eigenvalue weighted by molar-refractivity contribution is 5.96. The maximum atomic E-state index is 11.7. The van der Waals surface area contributed by atoms with Crippen molar-refractivity contribution < 1.29 is 14.1 Å². The van der Waals surface area contributed by atoms with Crippen LogP contribution in [0.1, 0.15) is 36.2 Å². The van der Waals surface area contributed by atoms with E-state index in [0.29, 0.717) is 23.3 Å². The molecule has 1 N–H and O–H groups in total. The predicted molar refractivity (Wildman–Crippen MR) is 80.1 cm³/mol. The number of H-pyrrole nitrogens is 1. The van der Waals surface area contributed by atoms with Gasteiger partial charge in [-0.3, -0.25) is 9.89 Å². The normalized spacial score (nSPS) is 21.9. The van der Waals surface area contributed by atoms with Crippen LogP contribution in [0.5, 0.6) is 0 Å². The van der Waals surface area contributed by atoms with Crippen LogP contribution in [-0.4, -0.2) is 45.7 Å².